The summed E-state index contributed by atoms with van der Waals surface area (Å²) in [5.41, 5.74) is 2.02. The van der Waals surface area contributed by atoms with Crippen molar-refractivity contribution >= 4 is 17.9 Å². The van der Waals surface area contributed by atoms with Gasteiger partial charge in [-0.2, -0.15) is 0 Å². The van der Waals surface area contributed by atoms with Gasteiger partial charge in [0.15, 0.2) is 0 Å². The Morgan fingerprint density at radius 2 is 1.45 bits per heavy atom. The van der Waals surface area contributed by atoms with Crippen LogP contribution in [0.2, 0.25) is 0 Å². The Kier molecular flexibility index (Phi) is 12.7. The fraction of sp³-hybridized carbons (Fsp3) is 0.310. The highest BCUT2D eigenvalue weighted by molar-refractivity contribution is 5.67. The van der Waals surface area contributed by atoms with Crippen molar-refractivity contribution in [2.45, 2.75) is 25.9 Å². The van der Waals surface area contributed by atoms with Crippen LogP contribution in [0.5, 0.6) is 11.5 Å². The van der Waals surface area contributed by atoms with Gasteiger partial charge in [-0.15, -0.1) is 0 Å². The molecule has 0 heterocycles. The number of hydrogen-bond donors (Lipinski definition) is 1. The second-order valence-electron chi connectivity index (χ2n) is 8.50. The van der Waals surface area contributed by atoms with Crippen LogP contribution in [0.25, 0.3) is 0 Å². The summed E-state index contributed by atoms with van der Waals surface area (Å²) in [6.07, 6.45) is 1.32. The molecule has 0 aliphatic heterocycles. The third kappa shape index (κ3) is 11.8. The highest BCUT2D eigenvalue weighted by Crippen LogP contribution is 2.18. The lowest BCUT2D eigenvalue weighted by molar-refractivity contribution is -0.384. The van der Waals surface area contributed by atoms with Crippen LogP contribution in [0, 0.1) is 10.1 Å². The number of unbranched alkanes of at least 4 members (excludes halogenated alkanes) is 1. The monoisotopic (exact) mass is 552 g/mol. The number of amides is 1. The number of carbonyl (C=O) groups excluding carboxylic acids is 2. The number of nitrogens with one attached hydrogen (secondary N) is 1. The molecule has 0 aliphatic rings. The lowest BCUT2D eigenvalue weighted by Gasteiger charge is -2.09. The second-order valence-corrected chi connectivity index (χ2v) is 8.50. The Hall–Kier alpha value is -4.64. The van der Waals surface area contributed by atoms with Gasteiger partial charge in [-0.1, -0.05) is 42.5 Å². The van der Waals surface area contributed by atoms with E-state index in [1.54, 1.807) is 0 Å². The molecule has 3 aromatic rings. The molecule has 0 fully saturated rings. The van der Waals surface area contributed by atoms with Gasteiger partial charge in [-0.3, -0.25) is 10.1 Å². The third-order valence-electron chi connectivity index (χ3n) is 5.49. The Balaban J connectivity index is 1.16. The van der Waals surface area contributed by atoms with Gasteiger partial charge in [0.05, 0.1) is 18.1 Å². The number of alkyl carbamates (subject to hydrolysis) is 1. The summed E-state index contributed by atoms with van der Waals surface area (Å²) < 4.78 is 26.1. The zero-order valence-corrected chi connectivity index (χ0v) is 22.0. The van der Waals surface area contributed by atoms with Crippen LogP contribution in [0.4, 0.5) is 15.3 Å². The molecular weight excluding hydrogens is 520 g/mol. The largest absolute Gasteiger partial charge is 0.513 e. The highest BCUT2D eigenvalue weighted by atomic mass is 16.7. The minimum absolute atomic E-state index is 0.00902. The van der Waals surface area contributed by atoms with E-state index in [4.69, 9.17) is 23.7 Å². The molecule has 1 amide bonds. The Morgan fingerprint density at radius 3 is 2.17 bits per heavy atom. The predicted molar refractivity (Wildman–Crippen MR) is 145 cm³/mol. The van der Waals surface area contributed by atoms with Crippen molar-refractivity contribution in [1.29, 1.82) is 0 Å². The van der Waals surface area contributed by atoms with Gasteiger partial charge in [0, 0.05) is 18.7 Å². The van der Waals surface area contributed by atoms with Crippen LogP contribution in [-0.2, 0) is 27.2 Å². The zero-order valence-electron chi connectivity index (χ0n) is 22.0. The molecule has 0 spiro atoms. The number of benzene rings is 3. The summed E-state index contributed by atoms with van der Waals surface area (Å²) in [5, 5.41) is 13.4. The smallest absolute Gasteiger partial charge is 0.491 e. The maximum Gasteiger partial charge on any atom is 0.513 e. The highest BCUT2D eigenvalue weighted by Gasteiger charge is 2.09. The van der Waals surface area contributed by atoms with Crippen molar-refractivity contribution in [2.75, 3.05) is 33.0 Å². The molecule has 0 aromatic heterocycles. The first-order valence-electron chi connectivity index (χ1n) is 12.8. The number of carbonyl (C=O) groups is 2. The average Bonchev–Trinajstić information content (AvgIpc) is 2.97. The summed E-state index contributed by atoms with van der Waals surface area (Å²) in [6, 6.07) is 22.4. The number of aryl methyl sites for hydroxylation is 1. The Labute approximate surface area is 232 Å². The first-order valence-corrected chi connectivity index (χ1v) is 12.8. The van der Waals surface area contributed by atoms with Gasteiger partial charge in [0.2, 0.25) is 0 Å². The molecular formula is C29H32N2O9. The molecule has 3 aromatic carbocycles. The molecule has 1 N–H and O–H groups in total. The molecule has 0 radical (unpaired) electrons. The summed E-state index contributed by atoms with van der Waals surface area (Å²) in [5.74, 6) is 0.864. The van der Waals surface area contributed by atoms with Crippen LogP contribution in [0.15, 0.2) is 78.9 Å². The van der Waals surface area contributed by atoms with E-state index in [2.05, 4.69) is 5.32 Å². The molecule has 0 unspecified atom stereocenters. The Bertz CT molecular complexity index is 1190. The first-order chi connectivity index (χ1) is 19.5. The van der Waals surface area contributed by atoms with Crippen molar-refractivity contribution < 1.29 is 38.2 Å². The number of nitro groups is 1. The molecule has 0 aliphatic carbocycles. The van der Waals surface area contributed by atoms with Crippen LogP contribution >= 0.6 is 0 Å². The normalized spacial score (nSPS) is 10.4. The minimum atomic E-state index is -0.925. The fourth-order valence-electron chi connectivity index (χ4n) is 3.44. The van der Waals surface area contributed by atoms with Crippen molar-refractivity contribution in [3.05, 3.63) is 100 Å². The van der Waals surface area contributed by atoms with Gasteiger partial charge >= 0.3 is 12.2 Å². The standard InChI is InChI=1S/C29H32N2O9/c32-28(39-22-24-7-2-1-3-8-24)30-17-5-4-6-23-9-13-26(14-10-23)37-20-18-36-19-21-38-29(33)40-27-15-11-25(12-16-27)31(34)35/h1-3,7-16H,4-6,17-22H2,(H,30,32). The Morgan fingerprint density at radius 1 is 0.750 bits per heavy atom. The predicted octanol–water partition coefficient (Wildman–Crippen LogP) is 5.45. The fourth-order valence-corrected chi connectivity index (χ4v) is 3.44. The number of nitro benzene ring substituents is 1. The molecule has 11 nitrogen and oxygen atoms in total. The summed E-state index contributed by atoms with van der Waals surface area (Å²) in [7, 11) is 0. The lowest BCUT2D eigenvalue weighted by Crippen LogP contribution is -2.25. The lowest BCUT2D eigenvalue weighted by atomic mass is 10.1. The van der Waals surface area contributed by atoms with E-state index < -0.39 is 17.2 Å². The third-order valence-corrected chi connectivity index (χ3v) is 5.49. The SMILES string of the molecule is O=C(NCCCCc1ccc(OCCOCCOC(=O)Oc2ccc([N+](=O)[O-])cc2)cc1)OCc1ccccc1. The van der Waals surface area contributed by atoms with Gasteiger partial charge < -0.3 is 29.0 Å². The van der Waals surface area contributed by atoms with E-state index >= 15 is 0 Å². The van der Waals surface area contributed by atoms with Crippen LogP contribution in [0.3, 0.4) is 0 Å². The van der Waals surface area contributed by atoms with E-state index in [9.17, 15) is 19.7 Å². The zero-order chi connectivity index (χ0) is 28.4. The van der Waals surface area contributed by atoms with Crippen molar-refractivity contribution in [3.63, 3.8) is 0 Å². The first kappa shape index (κ1) is 29.9. The van der Waals surface area contributed by atoms with E-state index in [1.165, 1.54) is 29.8 Å². The van der Waals surface area contributed by atoms with E-state index in [1.807, 2.05) is 54.6 Å². The molecule has 3 rings (SSSR count). The number of hydrogen-bond acceptors (Lipinski definition) is 9. The van der Waals surface area contributed by atoms with Gasteiger partial charge in [0.25, 0.3) is 5.69 Å². The molecule has 0 atom stereocenters. The average molecular weight is 553 g/mol. The van der Waals surface area contributed by atoms with Gasteiger partial charge in [-0.05, 0) is 54.7 Å². The molecule has 212 valence electrons. The van der Waals surface area contributed by atoms with Crippen molar-refractivity contribution in [2.24, 2.45) is 0 Å². The van der Waals surface area contributed by atoms with Crippen molar-refractivity contribution in [3.8, 4) is 11.5 Å². The van der Waals surface area contributed by atoms with E-state index in [0.717, 1.165) is 30.6 Å². The summed E-state index contributed by atoms with van der Waals surface area (Å²) >= 11 is 0. The number of rotatable bonds is 16. The molecule has 11 heteroatoms. The van der Waals surface area contributed by atoms with E-state index in [-0.39, 0.29) is 31.3 Å². The minimum Gasteiger partial charge on any atom is -0.491 e. The molecule has 0 saturated carbocycles. The quantitative estimate of drug-likeness (QED) is 0.0808. The number of ether oxygens (including phenoxy) is 5. The summed E-state index contributed by atoms with van der Waals surface area (Å²) in [4.78, 5) is 33.5. The van der Waals surface area contributed by atoms with Crippen LogP contribution in [0.1, 0.15) is 24.0 Å². The number of non-ortho nitro benzene ring substituents is 1. The van der Waals surface area contributed by atoms with Crippen molar-refractivity contribution in [1.82, 2.24) is 5.32 Å². The van der Waals surface area contributed by atoms with Gasteiger partial charge in [0.1, 0.15) is 31.3 Å². The molecule has 0 bridgehead atoms. The maximum absolute atomic E-state index is 11.8. The van der Waals surface area contributed by atoms with E-state index in [0.29, 0.717) is 19.8 Å². The summed E-state index contributed by atoms with van der Waals surface area (Å²) in [6.45, 7) is 1.61. The topological polar surface area (TPSA) is 135 Å². The number of nitrogens with zero attached hydrogens (tertiary/aromatic N) is 1. The molecule has 40 heavy (non-hydrogen) atoms. The second kappa shape index (κ2) is 17.0. The van der Waals surface area contributed by atoms with Crippen LogP contribution < -0.4 is 14.8 Å². The molecule has 0 saturated heterocycles. The van der Waals surface area contributed by atoms with Gasteiger partial charge in [-0.25, -0.2) is 9.59 Å². The van der Waals surface area contributed by atoms with Crippen LogP contribution in [-0.4, -0.2) is 50.1 Å². The maximum atomic E-state index is 11.8.